The van der Waals surface area contributed by atoms with E-state index in [1.807, 2.05) is 4.57 Å². The van der Waals surface area contributed by atoms with E-state index in [1.54, 1.807) is 33.2 Å². The van der Waals surface area contributed by atoms with Gasteiger partial charge in [0.1, 0.15) is 11.1 Å². The van der Waals surface area contributed by atoms with Gasteiger partial charge in [0.25, 0.3) is 0 Å². The zero-order chi connectivity index (χ0) is 18.6. The first-order valence-corrected chi connectivity index (χ1v) is 8.64. The Bertz CT molecular complexity index is 766. The molecule has 8 heteroatoms. The molecule has 0 atom stereocenters. The highest BCUT2D eigenvalue weighted by Crippen LogP contribution is 2.24. The Morgan fingerprint density at radius 2 is 2.16 bits per heavy atom. The van der Waals surface area contributed by atoms with Crippen molar-refractivity contribution in [1.82, 2.24) is 19.5 Å². The molecule has 0 unspecified atom stereocenters. The number of nitrogens with zero attached hydrogens (tertiary/aromatic N) is 5. The van der Waals surface area contributed by atoms with Crippen molar-refractivity contribution in [1.29, 1.82) is 0 Å². The number of hydrogen-bond donors (Lipinski definition) is 0. The number of aryl methyl sites for hydroxylation is 1. The maximum Gasteiger partial charge on any atom is 0.417 e. The van der Waals surface area contributed by atoms with Gasteiger partial charge in [0.05, 0.1) is 12.9 Å². The third kappa shape index (κ3) is 4.69. The highest BCUT2D eigenvalue weighted by Gasteiger charge is 2.26. The Morgan fingerprint density at radius 3 is 2.76 bits per heavy atom. The van der Waals surface area contributed by atoms with Crippen LogP contribution in [-0.4, -0.2) is 37.8 Å². The maximum atomic E-state index is 12.5. The summed E-state index contributed by atoms with van der Waals surface area (Å²) >= 11 is 6.26. The highest BCUT2D eigenvalue weighted by molar-refractivity contribution is 6.33. The predicted molar refractivity (Wildman–Crippen MR) is 99.0 cm³/mol. The van der Waals surface area contributed by atoms with Gasteiger partial charge in [-0.2, -0.15) is 9.97 Å². The molecule has 0 aliphatic rings. The minimum absolute atomic E-state index is 0.171. The summed E-state index contributed by atoms with van der Waals surface area (Å²) in [5, 5.41) is 0.202. The van der Waals surface area contributed by atoms with Crippen molar-refractivity contribution in [2.45, 2.75) is 52.7 Å². The average Bonchev–Trinajstić information content (AvgIpc) is 2.92. The lowest BCUT2D eigenvalue weighted by Gasteiger charge is -2.25. The molecule has 0 bridgehead atoms. The summed E-state index contributed by atoms with van der Waals surface area (Å²) in [7, 11) is 0. The SMILES string of the molecule is C=CCN(C(=O)OC(C)(C)C)c1nc(Cl)c2ncn(CCCC)c2n1. The van der Waals surface area contributed by atoms with E-state index in [2.05, 4.69) is 28.5 Å². The number of carbonyl (C=O) groups excluding carboxylic acids is 1. The molecular formula is C17H24ClN5O2. The second-order valence-electron chi connectivity index (χ2n) is 6.66. The molecular weight excluding hydrogens is 342 g/mol. The largest absolute Gasteiger partial charge is 0.443 e. The molecule has 0 spiro atoms. The number of ether oxygens (including phenoxy) is 1. The van der Waals surface area contributed by atoms with Crippen LogP contribution < -0.4 is 4.90 Å². The molecule has 2 aromatic rings. The molecule has 0 aliphatic heterocycles. The monoisotopic (exact) mass is 365 g/mol. The first-order chi connectivity index (χ1) is 11.8. The lowest BCUT2D eigenvalue weighted by molar-refractivity contribution is 0.0582. The quantitative estimate of drug-likeness (QED) is 0.566. The summed E-state index contributed by atoms with van der Waals surface area (Å²) in [6.45, 7) is 12.2. The summed E-state index contributed by atoms with van der Waals surface area (Å²) in [6.07, 6.45) is 4.76. The fourth-order valence-corrected chi connectivity index (χ4v) is 2.40. The molecule has 0 radical (unpaired) electrons. The van der Waals surface area contributed by atoms with E-state index in [0.29, 0.717) is 11.2 Å². The van der Waals surface area contributed by atoms with E-state index >= 15 is 0 Å². The number of imidazole rings is 1. The van der Waals surface area contributed by atoms with Crippen LogP contribution in [0.1, 0.15) is 40.5 Å². The molecule has 25 heavy (non-hydrogen) atoms. The van der Waals surface area contributed by atoms with Crippen LogP contribution in [0.15, 0.2) is 19.0 Å². The number of halogens is 1. The zero-order valence-corrected chi connectivity index (χ0v) is 15.9. The minimum Gasteiger partial charge on any atom is -0.443 e. The van der Waals surface area contributed by atoms with Gasteiger partial charge < -0.3 is 9.30 Å². The van der Waals surface area contributed by atoms with E-state index < -0.39 is 11.7 Å². The second-order valence-corrected chi connectivity index (χ2v) is 7.02. The summed E-state index contributed by atoms with van der Waals surface area (Å²) in [5.41, 5.74) is 0.484. The van der Waals surface area contributed by atoms with E-state index in [-0.39, 0.29) is 17.6 Å². The van der Waals surface area contributed by atoms with Crippen LogP contribution in [0.2, 0.25) is 5.15 Å². The molecule has 0 saturated carbocycles. The Balaban J connectivity index is 2.44. The molecule has 2 rings (SSSR count). The van der Waals surface area contributed by atoms with Gasteiger partial charge in [0.15, 0.2) is 10.8 Å². The van der Waals surface area contributed by atoms with Crippen molar-refractivity contribution in [2.24, 2.45) is 0 Å². The minimum atomic E-state index is -0.632. The molecule has 0 saturated heterocycles. The van der Waals surface area contributed by atoms with Crippen molar-refractivity contribution >= 4 is 34.8 Å². The van der Waals surface area contributed by atoms with Crippen LogP contribution in [0.25, 0.3) is 11.2 Å². The van der Waals surface area contributed by atoms with Crippen LogP contribution >= 0.6 is 11.6 Å². The first kappa shape index (κ1) is 19.2. The number of unbranched alkanes of at least 4 members (excludes halogenated alkanes) is 1. The summed E-state index contributed by atoms with van der Waals surface area (Å²) in [6, 6.07) is 0. The maximum absolute atomic E-state index is 12.5. The molecule has 0 aliphatic carbocycles. The van der Waals surface area contributed by atoms with Gasteiger partial charge in [0, 0.05) is 6.54 Å². The Labute approximate surface area is 152 Å². The lowest BCUT2D eigenvalue weighted by atomic mass is 10.2. The molecule has 2 aromatic heterocycles. The molecule has 1 amide bonds. The van der Waals surface area contributed by atoms with Crippen molar-refractivity contribution in [3.8, 4) is 0 Å². The van der Waals surface area contributed by atoms with Crippen LogP contribution in [0.5, 0.6) is 0 Å². The fraction of sp³-hybridized carbons (Fsp3) is 0.529. The molecule has 2 heterocycles. The Hall–Kier alpha value is -2.15. The number of hydrogen-bond acceptors (Lipinski definition) is 5. The van der Waals surface area contributed by atoms with E-state index in [4.69, 9.17) is 16.3 Å². The van der Waals surface area contributed by atoms with Gasteiger partial charge in [-0.05, 0) is 27.2 Å². The number of carbonyl (C=O) groups is 1. The molecule has 0 N–H and O–H groups in total. The van der Waals surface area contributed by atoms with Gasteiger partial charge >= 0.3 is 6.09 Å². The molecule has 136 valence electrons. The van der Waals surface area contributed by atoms with Gasteiger partial charge in [-0.15, -0.1) is 6.58 Å². The first-order valence-electron chi connectivity index (χ1n) is 8.26. The zero-order valence-electron chi connectivity index (χ0n) is 15.1. The van der Waals surface area contributed by atoms with Crippen molar-refractivity contribution in [3.63, 3.8) is 0 Å². The van der Waals surface area contributed by atoms with Crippen LogP contribution in [0, 0.1) is 0 Å². The Kier molecular flexibility index (Phi) is 6.00. The molecule has 0 aromatic carbocycles. The second kappa shape index (κ2) is 7.82. The third-order valence-corrected chi connectivity index (χ3v) is 3.59. The van der Waals surface area contributed by atoms with E-state index in [9.17, 15) is 4.79 Å². The lowest BCUT2D eigenvalue weighted by Crippen LogP contribution is -2.38. The molecule has 0 fully saturated rings. The van der Waals surface area contributed by atoms with Gasteiger partial charge in [-0.25, -0.2) is 14.7 Å². The topological polar surface area (TPSA) is 73.1 Å². The summed E-state index contributed by atoms with van der Waals surface area (Å²) < 4.78 is 7.34. The number of rotatable bonds is 6. The van der Waals surface area contributed by atoms with Gasteiger partial charge in [0.2, 0.25) is 5.95 Å². The van der Waals surface area contributed by atoms with Crippen molar-refractivity contribution in [2.75, 3.05) is 11.4 Å². The number of aromatic nitrogens is 4. The highest BCUT2D eigenvalue weighted by atomic mass is 35.5. The predicted octanol–water partition coefficient (Wildman–Crippen LogP) is 4.21. The summed E-state index contributed by atoms with van der Waals surface area (Å²) in [5.74, 6) is 0.171. The van der Waals surface area contributed by atoms with Crippen molar-refractivity contribution in [3.05, 3.63) is 24.1 Å². The smallest absolute Gasteiger partial charge is 0.417 e. The number of fused-ring (bicyclic) bond motifs is 1. The van der Waals surface area contributed by atoms with Crippen LogP contribution in [0.4, 0.5) is 10.7 Å². The van der Waals surface area contributed by atoms with Crippen LogP contribution in [0.3, 0.4) is 0 Å². The summed E-state index contributed by atoms with van der Waals surface area (Å²) in [4.78, 5) is 26.8. The molecule has 7 nitrogen and oxygen atoms in total. The Morgan fingerprint density at radius 1 is 1.44 bits per heavy atom. The third-order valence-electron chi connectivity index (χ3n) is 3.33. The van der Waals surface area contributed by atoms with Crippen LogP contribution in [-0.2, 0) is 11.3 Å². The number of amides is 1. The van der Waals surface area contributed by atoms with Gasteiger partial charge in [-0.1, -0.05) is 31.0 Å². The average molecular weight is 366 g/mol. The van der Waals surface area contributed by atoms with E-state index in [0.717, 1.165) is 19.4 Å². The standard InChI is InChI=1S/C17H24ClN5O2/c1-6-8-10-22-11-19-12-13(18)20-15(21-14(12)22)23(9-7-2)16(24)25-17(3,4)5/h7,11H,2,6,8-10H2,1,3-5H3. The van der Waals surface area contributed by atoms with Crippen molar-refractivity contribution < 1.29 is 9.53 Å². The fourth-order valence-electron chi connectivity index (χ4n) is 2.20. The van der Waals surface area contributed by atoms with E-state index in [1.165, 1.54) is 4.90 Å². The number of anilines is 1. The normalized spacial score (nSPS) is 11.6. The van der Waals surface area contributed by atoms with Gasteiger partial charge in [-0.3, -0.25) is 0 Å².